The SMILES string of the molecule is COc1ccc(C(=O)N2CCCN(S(=O)(=O)N(C)C)CC2)c(C)c1C. The van der Waals surface area contributed by atoms with Gasteiger partial charge in [0.2, 0.25) is 0 Å². The van der Waals surface area contributed by atoms with Crippen LogP contribution in [0, 0.1) is 13.8 Å². The fourth-order valence-electron chi connectivity index (χ4n) is 2.98. The van der Waals surface area contributed by atoms with Crippen LogP contribution in [0.2, 0.25) is 0 Å². The number of rotatable bonds is 4. The third-order valence-corrected chi connectivity index (χ3v) is 6.66. The van der Waals surface area contributed by atoms with E-state index in [2.05, 4.69) is 0 Å². The molecule has 8 heteroatoms. The fraction of sp³-hybridized carbons (Fsp3) is 0.588. The van der Waals surface area contributed by atoms with Gasteiger partial charge >= 0.3 is 0 Å². The van der Waals surface area contributed by atoms with E-state index in [0.717, 1.165) is 16.9 Å². The molecule has 1 aliphatic rings. The van der Waals surface area contributed by atoms with Gasteiger partial charge in [-0.2, -0.15) is 17.0 Å². The Hall–Kier alpha value is -1.64. The average molecular weight is 369 g/mol. The van der Waals surface area contributed by atoms with Gasteiger partial charge in [-0.05, 0) is 43.5 Å². The molecule has 140 valence electrons. The lowest BCUT2D eigenvalue weighted by atomic mass is 10.0. The van der Waals surface area contributed by atoms with Gasteiger partial charge in [0, 0.05) is 45.8 Å². The smallest absolute Gasteiger partial charge is 0.281 e. The van der Waals surface area contributed by atoms with Gasteiger partial charge in [-0.15, -0.1) is 0 Å². The van der Waals surface area contributed by atoms with E-state index in [1.54, 1.807) is 24.1 Å². The van der Waals surface area contributed by atoms with Crippen LogP contribution >= 0.6 is 0 Å². The zero-order valence-electron chi connectivity index (χ0n) is 15.6. The van der Waals surface area contributed by atoms with Crippen molar-refractivity contribution in [2.24, 2.45) is 0 Å². The van der Waals surface area contributed by atoms with E-state index in [4.69, 9.17) is 4.74 Å². The maximum absolute atomic E-state index is 12.9. The van der Waals surface area contributed by atoms with Crippen LogP contribution in [0.4, 0.5) is 0 Å². The van der Waals surface area contributed by atoms with E-state index in [1.807, 2.05) is 13.8 Å². The Bertz CT molecular complexity index is 747. The van der Waals surface area contributed by atoms with Crippen molar-refractivity contribution in [3.63, 3.8) is 0 Å². The van der Waals surface area contributed by atoms with Crippen LogP contribution in [-0.4, -0.2) is 75.2 Å². The van der Waals surface area contributed by atoms with Gasteiger partial charge in [-0.25, -0.2) is 0 Å². The van der Waals surface area contributed by atoms with E-state index in [9.17, 15) is 13.2 Å². The highest BCUT2D eigenvalue weighted by Crippen LogP contribution is 2.25. The molecule has 0 N–H and O–H groups in total. The largest absolute Gasteiger partial charge is 0.496 e. The highest BCUT2D eigenvalue weighted by molar-refractivity contribution is 7.86. The number of benzene rings is 1. The van der Waals surface area contributed by atoms with Crippen LogP contribution in [0.5, 0.6) is 5.75 Å². The summed E-state index contributed by atoms with van der Waals surface area (Å²) in [7, 11) is 1.20. The highest BCUT2D eigenvalue weighted by atomic mass is 32.2. The van der Waals surface area contributed by atoms with Gasteiger partial charge in [0.15, 0.2) is 0 Å². The normalized spacial score (nSPS) is 16.8. The first-order chi connectivity index (χ1) is 11.7. The summed E-state index contributed by atoms with van der Waals surface area (Å²) in [6.07, 6.45) is 0.618. The van der Waals surface area contributed by atoms with Crippen LogP contribution in [0.1, 0.15) is 27.9 Å². The minimum Gasteiger partial charge on any atom is -0.496 e. The molecule has 2 rings (SSSR count). The Morgan fingerprint density at radius 3 is 2.36 bits per heavy atom. The molecule has 1 aromatic rings. The maximum Gasteiger partial charge on any atom is 0.281 e. The van der Waals surface area contributed by atoms with Gasteiger partial charge in [0.25, 0.3) is 16.1 Å². The lowest BCUT2D eigenvalue weighted by Gasteiger charge is -2.25. The molecule has 1 aliphatic heterocycles. The molecule has 1 aromatic carbocycles. The van der Waals surface area contributed by atoms with E-state index >= 15 is 0 Å². The minimum atomic E-state index is -3.45. The number of hydrogen-bond donors (Lipinski definition) is 0. The lowest BCUT2D eigenvalue weighted by Crippen LogP contribution is -2.42. The predicted octanol–water partition coefficient (Wildman–Crippen LogP) is 1.27. The number of ether oxygens (including phenoxy) is 1. The summed E-state index contributed by atoms with van der Waals surface area (Å²) in [5, 5.41) is 0. The molecular weight excluding hydrogens is 342 g/mol. The zero-order valence-corrected chi connectivity index (χ0v) is 16.4. The molecular formula is C17H27N3O4S. The van der Waals surface area contributed by atoms with Crippen molar-refractivity contribution in [1.29, 1.82) is 0 Å². The van der Waals surface area contributed by atoms with Crippen molar-refractivity contribution in [2.45, 2.75) is 20.3 Å². The zero-order chi connectivity index (χ0) is 18.8. The summed E-state index contributed by atoms with van der Waals surface area (Å²) in [5.41, 5.74) is 2.48. The minimum absolute atomic E-state index is 0.0626. The van der Waals surface area contributed by atoms with Crippen LogP contribution in [0.15, 0.2) is 12.1 Å². The van der Waals surface area contributed by atoms with Gasteiger partial charge in [-0.1, -0.05) is 0 Å². The quantitative estimate of drug-likeness (QED) is 0.801. The first-order valence-corrected chi connectivity index (χ1v) is 9.71. The van der Waals surface area contributed by atoms with E-state index in [-0.39, 0.29) is 5.91 Å². The number of carbonyl (C=O) groups excluding carboxylic acids is 1. The molecule has 25 heavy (non-hydrogen) atoms. The topological polar surface area (TPSA) is 70.2 Å². The monoisotopic (exact) mass is 369 g/mol. The van der Waals surface area contributed by atoms with Crippen molar-refractivity contribution in [1.82, 2.24) is 13.5 Å². The van der Waals surface area contributed by atoms with Gasteiger partial charge in [0.05, 0.1) is 7.11 Å². The number of amides is 1. The maximum atomic E-state index is 12.9. The Balaban J connectivity index is 2.18. The summed E-state index contributed by atoms with van der Waals surface area (Å²) < 4.78 is 32.5. The number of nitrogens with zero attached hydrogens (tertiary/aromatic N) is 3. The van der Waals surface area contributed by atoms with Crippen LogP contribution in [-0.2, 0) is 10.2 Å². The average Bonchev–Trinajstić information content (AvgIpc) is 2.83. The second kappa shape index (κ2) is 7.72. The molecule has 0 aliphatic carbocycles. The Kier molecular flexibility index (Phi) is 6.08. The third kappa shape index (κ3) is 3.96. The second-order valence-electron chi connectivity index (χ2n) is 6.40. The molecule has 1 heterocycles. The number of carbonyl (C=O) groups is 1. The Morgan fingerprint density at radius 1 is 1.08 bits per heavy atom. The van der Waals surface area contributed by atoms with Gasteiger partial charge in [-0.3, -0.25) is 4.79 Å². The number of hydrogen-bond acceptors (Lipinski definition) is 4. The summed E-state index contributed by atoms with van der Waals surface area (Å²) in [6.45, 7) is 5.50. The van der Waals surface area contributed by atoms with Crippen molar-refractivity contribution in [2.75, 3.05) is 47.4 Å². The molecule has 0 bridgehead atoms. The third-order valence-electron chi connectivity index (χ3n) is 4.72. The van der Waals surface area contributed by atoms with E-state index in [0.29, 0.717) is 38.2 Å². The molecule has 1 saturated heterocycles. The van der Waals surface area contributed by atoms with Crippen molar-refractivity contribution in [3.8, 4) is 5.75 Å². The molecule has 0 radical (unpaired) electrons. The molecule has 1 fully saturated rings. The number of methoxy groups -OCH3 is 1. The van der Waals surface area contributed by atoms with E-state index in [1.165, 1.54) is 22.7 Å². The highest BCUT2D eigenvalue weighted by Gasteiger charge is 2.29. The molecule has 0 spiro atoms. The summed E-state index contributed by atoms with van der Waals surface area (Å²) in [4.78, 5) is 14.7. The van der Waals surface area contributed by atoms with Crippen molar-refractivity contribution in [3.05, 3.63) is 28.8 Å². The lowest BCUT2D eigenvalue weighted by molar-refractivity contribution is 0.0763. The van der Waals surface area contributed by atoms with Crippen molar-refractivity contribution < 1.29 is 17.9 Å². The van der Waals surface area contributed by atoms with Gasteiger partial charge in [0.1, 0.15) is 5.75 Å². The molecule has 1 amide bonds. The van der Waals surface area contributed by atoms with Crippen molar-refractivity contribution >= 4 is 16.1 Å². The molecule has 0 aromatic heterocycles. The van der Waals surface area contributed by atoms with E-state index < -0.39 is 10.2 Å². The molecule has 0 atom stereocenters. The van der Waals surface area contributed by atoms with Crippen LogP contribution < -0.4 is 4.74 Å². The molecule has 7 nitrogen and oxygen atoms in total. The van der Waals surface area contributed by atoms with Crippen LogP contribution in [0.25, 0.3) is 0 Å². The molecule has 0 saturated carbocycles. The summed E-state index contributed by atoms with van der Waals surface area (Å²) in [6, 6.07) is 3.58. The Labute approximate surface area is 150 Å². The Morgan fingerprint density at radius 2 is 1.76 bits per heavy atom. The van der Waals surface area contributed by atoms with Crippen LogP contribution in [0.3, 0.4) is 0 Å². The first kappa shape index (κ1) is 19.7. The second-order valence-corrected chi connectivity index (χ2v) is 8.54. The predicted molar refractivity (Wildman–Crippen MR) is 97.2 cm³/mol. The summed E-state index contributed by atoms with van der Waals surface area (Å²) >= 11 is 0. The van der Waals surface area contributed by atoms with Gasteiger partial charge < -0.3 is 9.64 Å². The molecule has 0 unspecified atom stereocenters. The fourth-order valence-corrected chi connectivity index (χ4v) is 4.11. The standard InChI is InChI=1S/C17H27N3O4S/c1-13-14(2)16(24-5)8-7-15(13)17(21)19-9-6-10-20(12-11-19)25(22,23)18(3)4/h7-8H,6,9-12H2,1-5H3. The summed E-state index contributed by atoms with van der Waals surface area (Å²) in [5.74, 6) is 0.695. The first-order valence-electron chi connectivity index (χ1n) is 8.31.